The van der Waals surface area contributed by atoms with Crippen molar-refractivity contribution in [3.63, 3.8) is 0 Å². The first-order chi connectivity index (χ1) is 17.2. The Balaban J connectivity index is 3.26. The number of hydrogen-bond acceptors (Lipinski definition) is 3. The van der Waals surface area contributed by atoms with E-state index in [0.717, 1.165) is 38.6 Å². The molecule has 0 aliphatic carbocycles. The number of unbranched alkanes of at least 4 members (excludes halogenated alkanes) is 16. The molecule has 204 valence electrons. The maximum absolute atomic E-state index is 11.9. The third-order valence-corrected chi connectivity index (χ3v) is 6.46. The fourth-order valence-electron chi connectivity index (χ4n) is 4.15. The van der Waals surface area contributed by atoms with Crippen LogP contribution < -0.4 is 5.32 Å². The van der Waals surface area contributed by atoms with Crippen LogP contribution in [-0.4, -0.2) is 25.5 Å². The first-order valence-corrected chi connectivity index (χ1v) is 14.8. The van der Waals surface area contributed by atoms with Crippen molar-refractivity contribution >= 4 is 11.9 Å². The molecule has 35 heavy (non-hydrogen) atoms. The summed E-state index contributed by atoms with van der Waals surface area (Å²) in [5.74, 6) is 0.130. The maximum atomic E-state index is 11.9. The molecule has 0 fully saturated rings. The van der Waals surface area contributed by atoms with Crippen molar-refractivity contribution in [3.8, 4) is 0 Å². The smallest absolute Gasteiger partial charge is 0.305 e. The molecule has 0 aromatic heterocycles. The van der Waals surface area contributed by atoms with Gasteiger partial charge in [-0.1, -0.05) is 108 Å². The molecule has 0 aromatic rings. The van der Waals surface area contributed by atoms with Crippen molar-refractivity contribution in [1.29, 1.82) is 0 Å². The fraction of sp³-hybridized carbons (Fsp3) is 0.806. The lowest BCUT2D eigenvalue weighted by atomic mass is 10.1. The van der Waals surface area contributed by atoms with Gasteiger partial charge in [-0.25, -0.2) is 0 Å². The Morgan fingerprint density at radius 3 is 1.66 bits per heavy atom. The van der Waals surface area contributed by atoms with Gasteiger partial charge in [0.1, 0.15) is 0 Å². The Bertz CT molecular complexity index is 527. The number of hydrogen-bond donors (Lipinski definition) is 1. The molecule has 0 heterocycles. The Morgan fingerprint density at radius 2 is 1.09 bits per heavy atom. The van der Waals surface area contributed by atoms with E-state index in [1.54, 1.807) is 0 Å². The van der Waals surface area contributed by atoms with Gasteiger partial charge in [-0.15, -0.1) is 0 Å². The van der Waals surface area contributed by atoms with E-state index in [9.17, 15) is 9.59 Å². The zero-order valence-corrected chi connectivity index (χ0v) is 23.3. The van der Waals surface area contributed by atoms with Crippen LogP contribution in [0.1, 0.15) is 148 Å². The largest absolute Gasteiger partial charge is 0.469 e. The zero-order valence-electron chi connectivity index (χ0n) is 23.3. The number of nitrogens with one attached hydrogen (secondary N) is 1. The monoisotopic (exact) mass is 491 g/mol. The third-order valence-electron chi connectivity index (χ3n) is 6.46. The topological polar surface area (TPSA) is 55.4 Å². The van der Waals surface area contributed by atoms with E-state index in [1.807, 2.05) is 0 Å². The molecule has 0 unspecified atom stereocenters. The molecule has 1 N–H and O–H groups in total. The summed E-state index contributed by atoms with van der Waals surface area (Å²) in [4.78, 5) is 23.0. The fourth-order valence-corrected chi connectivity index (χ4v) is 4.15. The van der Waals surface area contributed by atoms with E-state index in [4.69, 9.17) is 0 Å². The lowest BCUT2D eigenvalue weighted by Gasteiger charge is -2.06. The Hall–Kier alpha value is -1.58. The number of esters is 1. The van der Waals surface area contributed by atoms with Gasteiger partial charge < -0.3 is 10.1 Å². The highest BCUT2D eigenvalue weighted by Crippen LogP contribution is 2.11. The predicted octanol–water partition coefficient (Wildman–Crippen LogP) is 8.99. The molecule has 0 aromatic carbocycles. The molecule has 0 rings (SSSR count). The minimum Gasteiger partial charge on any atom is -0.469 e. The highest BCUT2D eigenvalue weighted by Gasteiger charge is 2.01. The minimum absolute atomic E-state index is 0.0943. The van der Waals surface area contributed by atoms with Crippen molar-refractivity contribution < 1.29 is 14.3 Å². The quantitative estimate of drug-likeness (QED) is 0.0746. The Labute approximate surface area is 217 Å². The van der Waals surface area contributed by atoms with Gasteiger partial charge in [-0.3, -0.25) is 9.59 Å². The third kappa shape index (κ3) is 28.5. The predicted molar refractivity (Wildman–Crippen MR) is 151 cm³/mol. The van der Waals surface area contributed by atoms with E-state index in [2.05, 4.69) is 41.3 Å². The maximum Gasteiger partial charge on any atom is 0.305 e. The summed E-state index contributed by atoms with van der Waals surface area (Å²) in [7, 11) is 1.45. The summed E-state index contributed by atoms with van der Waals surface area (Å²) in [5, 5.41) is 3.08. The van der Waals surface area contributed by atoms with E-state index < -0.39 is 0 Å². The average Bonchev–Trinajstić information content (AvgIpc) is 2.86. The van der Waals surface area contributed by atoms with Gasteiger partial charge in [-0.2, -0.15) is 0 Å². The summed E-state index contributed by atoms with van der Waals surface area (Å²) in [6.07, 6.45) is 34.5. The summed E-state index contributed by atoms with van der Waals surface area (Å²) in [6, 6.07) is 0. The van der Waals surface area contributed by atoms with Crippen LogP contribution in [-0.2, 0) is 14.3 Å². The Morgan fingerprint density at radius 1 is 0.600 bits per heavy atom. The molecule has 0 saturated heterocycles. The minimum atomic E-state index is -0.0943. The lowest BCUT2D eigenvalue weighted by Crippen LogP contribution is -2.23. The SMILES string of the molecule is CCCCCC=CCC=CCCCCCCCC(=O)NCCCCCCCCCCCC(=O)OC. The van der Waals surface area contributed by atoms with E-state index >= 15 is 0 Å². The second-order valence-electron chi connectivity index (χ2n) is 9.84. The van der Waals surface area contributed by atoms with E-state index in [0.29, 0.717) is 12.8 Å². The van der Waals surface area contributed by atoms with Crippen LogP contribution in [0.25, 0.3) is 0 Å². The average molecular weight is 492 g/mol. The molecule has 1 amide bonds. The van der Waals surface area contributed by atoms with Gasteiger partial charge >= 0.3 is 5.97 Å². The Kier molecular flexibility index (Phi) is 27.4. The number of ether oxygens (including phenoxy) is 1. The number of amides is 1. The number of carbonyl (C=O) groups excluding carboxylic acids is 2. The molecule has 0 aliphatic rings. The molecule has 0 bridgehead atoms. The van der Waals surface area contributed by atoms with Crippen LogP contribution in [0.2, 0.25) is 0 Å². The molecule has 0 saturated carbocycles. The lowest BCUT2D eigenvalue weighted by molar-refractivity contribution is -0.140. The standard InChI is InChI=1S/C31H57NO3/c1-3-4-5-6-7-8-9-10-11-12-13-15-18-21-24-27-30(33)32-29-26-23-20-17-14-16-19-22-25-28-31(34)35-2/h7-8,10-11H,3-6,9,12-29H2,1-2H3,(H,32,33). The number of allylic oxidation sites excluding steroid dienone is 4. The number of carbonyl (C=O) groups is 2. The first kappa shape index (κ1) is 33.4. The molecular formula is C31H57NO3. The van der Waals surface area contributed by atoms with Crippen molar-refractivity contribution in [1.82, 2.24) is 5.32 Å². The molecule has 4 heteroatoms. The van der Waals surface area contributed by atoms with Crippen LogP contribution >= 0.6 is 0 Å². The second-order valence-corrected chi connectivity index (χ2v) is 9.84. The van der Waals surface area contributed by atoms with Crippen molar-refractivity contribution in [2.45, 2.75) is 148 Å². The van der Waals surface area contributed by atoms with Crippen molar-refractivity contribution in [2.24, 2.45) is 0 Å². The number of methoxy groups -OCH3 is 1. The summed E-state index contributed by atoms with van der Waals surface area (Å²) < 4.78 is 4.65. The van der Waals surface area contributed by atoms with Crippen LogP contribution in [0, 0.1) is 0 Å². The van der Waals surface area contributed by atoms with Crippen molar-refractivity contribution in [3.05, 3.63) is 24.3 Å². The van der Waals surface area contributed by atoms with Gasteiger partial charge in [-0.05, 0) is 51.4 Å². The normalized spacial score (nSPS) is 11.5. The van der Waals surface area contributed by atoms with E-state index in [1.165, 1.54) is 103 Å². The molecule has 0 atom stereocenters. The van der Waals surface area contributed by atoms with Crippen molar-refractivity contribution in [2.75, 3.05) is 13.7 Å². The summed E-state index contributed by atoms with van der Waals surface area (Å²) >= 11 is 0. The molecule has 0 spiro atoms. The summed E-state index contributed by atoms with van der Waals surface area (Å²) in [6.45, 7) is 3.07. The van der Waals surface area contributed by atoms with Gasteiger partial charge in [0.15, 0.2) is 0 Å². The van der Waals surface area contributed by atoms with Crippen LogP contribution in [0.5, 0.6) is 0 Å². The highest BCUT2D eigenvalue weighted by molar-refractivity contribution is 5.75. The molecule has 0 radical (unpaired) electrons. The van der Waals surface area contributed by atoms with E-state index in [-0.39, 0.29) is 11.9 Å². The summed E-state index contributed by atoms with van der Waals surface area (Å²) in [5.41, 5.74) is 0. The van der Waals surface area contributed by atoms with Crippen LogP contribution in [0.3, 0.4) is 0 Å². The van der Waals surface area contributed by atoms with Gasteiger partial charge in [0.05, 0.1) is 7.11 Å². The van der Waals surface area contributed by atoms with Crippen LogP contribution in [0.15, 0.2) is 24.3 Å². The van der Waals surface area contributed by atoms with Gasteiger partial charge in [0.25, 0.3) is 0 Å². The molecule has 4 nitrogen and oxygen atoms in total. The first-order valence-electron chi connectivity index (χ1n) is 14.8. The molecular weight excluding hydrogens is 434 g/mol. The molecule has 0 aliphatic heterocycles. The highest BCUT2D eigenvalue weighted by atomic mass is 16.5. The second kappa shape index (κ2) is 28.7. The van der Waals surface area contributed by atoms with Gasteiger partial charge in [0.2, 0.25) is 5.91 Å². The zero-order chi connectivity index (χ0) is 25.7. The van der Waals surface area contributed by atoms with Gasteiger partial charge in [0, 0.05) is 19.4 Å². The number of rotatable bonds is 26. The van der Waals surface area contributed by atoms with Crippen LogP contribution in [0.4, 0.5) is 0 Å².